The molecule has 168 valence electrons. The summed E-state index contributed by atoms with van der Waals surface area (Å²) in [6.07, 6.45) is 5.31. The molecule has 1 aliphatic heterocycles. The predicted molar refractivity (Wildman–Crippen MR) is 116 cm³/mol. The highest BCUT2D eigenvalue weighted by atomic mass is 16.5. The second-order valence-electron chi connectivity index (χ2n) is 9.01. The lowest BCUT2D eigenvalue weighted by atomic mass is 9.82. The van der Waals surface area contributed by atoms with Crippen LogP contribution in [0.15, 0.2) is 30.3 Å². The molecule has 1 N–H and O–H groups in total. The molecule has 0 radical (unpaired) electrons. The molecule has 2 saturated carbocycles. The van der Waals surface area contributed by atoms with Crippen LogP contribution >= 0.6 is 0 Å². The molecule has 3 aliphatic rings. The fraction of sp³-hybridized carbons (Fsp3) is 0.625. The number of carbonyl (C=O) groups is 3. The van der Waals surface area contributed by atoms with Gasteiger partial charge in [0.1, 0.15) is 6.61 Å². The zero-order valence-electron chi connectivity index (χ0n) is 18.3. The van der Waals surface area contributed by atoms with E-state index < -0.39 is 5.41 Å². The van der Waals surface area contributed by atoms with E-state index in [1.54, 1.807) is 4.90 Å². The van der Waals surface area contributed by atoms with Crippen molar-refractivity contribution in [2.45, 2.75) is 50.0 Å². The van der Waals surface area contributed by atoms with Crippen molar-refractivity contribution >= 4 is 17.7 Å². The molecule has 1 heterocycles. The molecular formula is C24H33N3O4. The van der Waals surface area contributed by atoms with Crippen molar-refractivity contribution in [3.8, 4) is 0 Å². The van der Waals surface area contributed by atoms with Crippen molar-refractivity contribution in [2.24, 2.45) is 5.92 Å². The quantitative estimate of drug-likeness (QED) is 0.794. The third kappa shape index (κ3) is 4.47. The molecule has 3 amide bonds. The van der Waals surface area contributed by atoms with E-state index >= 15 is 0 Å². The first-order valence-corrected chi connectivity index (χ1v) is 11.5. The average molecular weight is 428 g/mol. The maximum atomic E-state index is 13.6. The minimum Gasteiger partial charge on any atom is -0.375 e. The summed E-state index contributed by atoms with van der Waals surface area (Å²) in [5.41, 5.74) is 0.602. The van der Waals surface area contributed by atoms with E-state index in [4.69, 9.17) is 4.74 Å². The summed E-state index contributed by atoms with van der Waals surface area (Å²) >= 11 is 0. The van der Waals surface area contributed by atoms with Gasteiger partial charge >= 0.3 is 0 Å². The Morgan fingerprint density at radius 1 is 1.10 bits per heavy atom. The van der Waals surface area contributed by atoms with E-state index in [1.165, 1.54) is 7.11 Å². The SMILES string of the molecule is COCC(=O)N1CCN(C(=O)C2(c3ccccc3)CC2)CCNC(=O)[C@H]2CCCC[C@H]21. The van der Waals surface area contributed by atoms with E-state index in [2.05, 4.69) is 5.32 Å². The Morgan fingerprint density at radius 2 is 1.84 bits per heavy atom. The Morgan fingerprint density at radius 3 is 2.55 bits per heavy atom. The van der Waals surface area contributed by atoms with E-state index in [1.807, 2.05) is 35.2 Å². The molecule has 4 rings (SSSR count). The Kier molecular flexibility index (Phi) is 6.60. The number of amides is 3. The second-order valence-corrected chi connectivity index (χ2v) is 9.01. The van der Waals surface area contributed by atoms with E-state index in [0.717, 1.165) is 44.1 Å². The first kappa shape index (κ1) is 21.8. The van der Waals surface area contributed by atoms with Crippen LogP contribution < -0.4 is 5.32 Å². The Hall–Kier alpha value is -2.41. The number of hydrogen-bond acceptors (Lipinski definition) is 4. The number of nitrogens with zero attached hydrogens (tertiary/aromatic N) is 2. The third-order valence-corrected chi connectivity index (χ3v) is 7.12. The van der Waals surface area contributed by atoms with E-state index in [-0.39, 0.29) is 36.3 Å². The van der Waals surface area contributed by atoms with Crippen molar-refractivity contribution in [3.05, 3.63) is 35.9 Å². The highest BCUT2D eigenvalue weighted by Gasteiger charge is 2.53. The van der Waals surface area contributed by atoms with Gasteiger partial charge in [-0.2, -0.15) is 0 Å². The molecule has 2 aliphatic carbocycles. The topological polar surface area (TPSA) is 79.0 Å². The molecule has 3 fully saturated rings. The van der Waals surface area contributed by atoms with Gasteiger partial charge in [0.15, 0.2) is 0 Å². The highest BCUT2D eigenvalue weighted by molar-refractivity contribution is 5.91. The largest absolute Gasteiger partial charge is 0.375 e. The zero-order chi connectivity index (χ0) is 21.8. The number of benzene rings is 1. The lowest BCUT2D eigenvalue weighted by Crippen LogP contribution is -2.56. The van der Waals surface area contributed by atoms with Gasteiger partial charge in [0.2, 0.25) is 17.7 Å². The summed E-state index contributed by atoms with van der Waals surface area (Å²) < 4.78 is 5.12. The standard InChI is InChI=1S/C24H33N3O4/c1-31-17-21(28)27-16-15-26(14-13-25-22(29)19-9-5-6-10-20(19)27)23(30)24(11-12-24)18-7-3-2-4-8-18/h2-4,7-8,19-20H,5-6,9-17H2,1H3,(H,25,29)/t19-,20+/m0/s1. The summed E-state index contributed by atoms with van der Waals surface area (Å²) in [5.74, 6) is -0.188. The van der Waals surface area contributed by atoms with E-state index in [0.29, 0.717) is 26.2 Å². The third-order valence-electron chi connectivity index (χ3n) is 7.12. The Labute approximate surface area is 184 Å². The van der Waals surface area contributed by atoms with Gasteiger partial charge in [-0.15, -0.1) is 0 Å². The average Bonchev–Trinajstić information content (AvgIpc) is 3.60. The molecule has 0 bridgehead atoms. The minimum absolute atomic E-state index is 0.00147. The maximum Gasteiger partial charge on any atom is 0.248 e. The number of carbonyl (C=O) groups excluding carboxylic acids is 3. The van der Waals surface area contributed by atoms with Gasteiger partial charge in [0.05, 0.1) is 11.3 Å². The number of nitrogens with one attached hydrogen (secondary N) is 1. The Balaban J connectivity index is 1.56. The van der Waals surface area contributed by atoms with Crippen LogP contribution in [-0.4, -0.2) is 73.5 Å². The van der Waals surface area contributed by atoms with Crippen LogP contribution in [0.1, 0.15) is 44.1 Å². The van der Waals surface area contributed by atoms with Crippen molar-refractivity contribution in [1.29, 1.82) is 0 Å². The highest BCUT2D eigenvalue weighted by Crippen LogP contribution is 2.49. The minimum atomic E-state index is -0.454. The number of ether oxygens (including phenoxy) is 1. The van der Waals surface area contributed by atoms with Crippen LogP contribution in [-0.2, 0) is 24.5 Å². The van der Waals surface area contributed by atoms with Gasteiger partial charge in [0.25, 0.3) is 0 Å². The van der Waals surface area contributed by atoms with Crippen molar-refractivity contribution in [2.75, 3.05) is 39.9 Å². The van der Waals surface area contributed by atoms with Crippen molar-refractivity contribution in [1.82, 2.24) is 15.1 Å². The fourth-order valence-corrected chi connectivity index (χ4v) is 5.27. The molecule has 0 spiro atoms. The van der Waals surface area contributed by atoms with Crippen LogP contribution in [0.5, 0.6) is 0 Å². The summed E-state index contributed by atoms with van der Waals surface area (Å²) in [6, 6.07) is 9.82. The summed E-state index contributed by atoms with van der Waals surface area (Å²) in [5, 5.41) is 3.04. The van der Waals surface area contributed by atoms with Gasteiger partial charge < -0.3 is 19.9 Å². The predicted octanol–water partition coefficient (Wildman–Crippen LogP) is 1.71. The summed E-state index contributed by atoms with van der Waals surface area (Å²) in [7, 11) is 1.51. The van der Waals surface area contributed by atoms with Crippen LogP contribution in [0.25, 0.3) is 0 Å². The lowest BCUT2D eigenvalue weighted by molar-refractivity contribution is -0.145. The fourth-order valence-electron chi connectivity index (χ4n) is 5.27. The molecule has 0 unspecified atom stereocenters. The van der Waals surface area contributed by atoms with Gasteiger partial charge in [0, 0.05) is 39.3 Å². The molecule has 7 heteroatoms. The number of fused-ring (bicyclic) bond motifs is 1. The van der Waals surface area contributed by atoms with Crippen LogP contribution in [0.4, 0.5) is 0 Å². The van der Waals surface area contributed by atoms with Crippen LogP contribution in [0, 0.1) is 5.92 Å². The Bertz CT molecular complexity index is 808. The maximum absolute atomic E-state index is 13.6. The molecule has 7 nitrogen and oxygen atoms in total. The van der Waals surface area contributed by atoms with Crippen molar-refractivity contribution < 1.29 is 19.1 Å². The van der Waals surface area contributed by atoms with Crippen LogP contribution in [0.3, 0.4) is 0 Å². The normalized spacial score (nSPS) is 25.9. The number of methoxy groups -OCH3 is 1. The molecule has 1 aromatic carbocycles. The number of rotatable bonds is 4. The van der Waals surface area contributed by atoms with Gasteiger partial charge in [-0.3, -0.25) is 14.4 Å². The molecular weight excluding hydrogens is 394 g/mol. The molecule has 2 atom stereocenters. The summed E-state index contributed by atoms with van der Waals surface area (Å²) in [4.78, 5) is 43.1. The molecule has 1 aromatic rings. The van der Waals surface area contributed by atoms with Crippen LogP contribution in [0.2, 0.25) is 0 Å². The lowest BCUT2D eigenvalue weighted by Gasteiger charge is -2.41. The van der Waals surface area contributed by atoms with Gasteiger partial charge in [-0.1, -0.05) is 43.2 Å². The summed E-state index contributed by atoms with van der Waals surface area (Å²) in [6.45, 7) is 1.81. The molecule has 0 aromatic heterocycles. The van der Waals surface area contributed by atoms with Gasteiger partial charge in [-0.05, 0) is 31.2 Å². The molecule has 31 heavy (non-hydrogen) atoms. The zero-order valence-corrected chi connectivity index (χ0v) is 18.3. The monoisotopic (exact) mass is 427 g/mol. The van der Waals surface area contributed by atoms with Crippen molar-refractivity contribution in [3.63, 3.8) is 0 Å². The second kappa shape index (κ2) is 9.39. The molecule has 1 saturated heterocycles. The van der Waals surface area contributed by atoms with E-state index in [9.17, 15) is 14.4 Å². The number of hydrogen-bond donors (Lipinski definition) is 1. The first-order valence-electron chi connectivity index (χ1n) is 11.5. The first-order chi connectivity index (χ1) is 15.1. The smallest absolute Gasteiger partial charge is 0.248 e. The van der Waals surface area contributed by atoms with Gasteiger partial charge in [-0.25, -0.2) is 0 Å².